The van der Waals surface area contributed by atoms with Crippen molar-refractivity contribution >= 4 is 17.2 Å². The number of nitrogens with two attached hydrogens (primary N) is 1. The molecule has 0 fully saturated rings. The van der Waals surface area contributed by atoms with Gasteiger partial charge in [0.1, 0.15) is 12.0 Å². The van der Waals surface area contributed by atoms with E-state index in [1.807, 2.05) is 50.1 Å². The summed E-state index contributed by atoms with van der Waals surface area (Å²) in [6.45, 7) is 4.47. The second kappa shape index (κ2) is 5.56. The molecule has 0 amide bonds. The third-order valence-corrected chi connectivity index (χ3v) is 2.90. The van der Waals surface area contributed by atoms with Crippen LogP contribution in [0.2, 0.25) is 0 Å². The van der Waals surface area contributed by atoms with E-state index in [0.29, 0.717) is 24.0 Å². The average Bonchev–Trinajstić information content (AvgIpc) is 2.41. The third-order valence-electron chi connectivity index (χ3n) is 2.90. The molecule has 0 spiro atoms. The summed E-state index contributed by atoms with van der Waals surface area (Å²) in [7, 11) is 1.93. The third kappa shape index (κ3) is 2.59. The molecule has 0 aliphatic carbocycles. The first-order chi connectivity index (χ1) is 9.15. The fourth-order valence-corrected chi connectivity index (χ4v) is 1.94. The Morgan fingerprint density at radius 3 is 2.68 bits per heavy atom. The highest BCUT2D eigenvalue weighted by Crippen LogP contribution is 2.32. The van der Waals surface area contributed by atoms with E-state index in [1.165, 1.54) is 6.33 Å². The molecular weight excluding hydrogens is 240 g/mol. The predicted molar refractivity (Wildman–Crippen MR) is 76.9 cm³/mol. The lowest BCUT2D eigenvalue weighted by Gasteiger charge is -2.22. The van der Waals surface area contributed by atoms with Crippen molar-refractivity contribution in [3.63, 3.8) is 0 Å². The minimum absolute atomic E-state index is 0.424. The second-order valence-electron chi connectivity index (χ2n) is 4.19. The number of rotatable bonds is 4. The first-order valence-corrected chi connectivity index (χ1v) is 6.17. The molecule has 1 heterocycles. The van der Waals surface area contributed by atoms with E-state index in [4.69, 9.17) is 10.5 Å². The minimum atomic E-state index is 0.424. The monoisotopic (exact) mass is 258 g/mol. The quantitative estimate of drug-likeness (QED) is 0.913. The van der Waals surface area contributed by atoms with Gasteiger partial charge in [-0.1, -0.05) is 18.2 Å². The van der Waals surface area contributed by atoms with Gasteiger partial charge in [-0.3, -0.25) is 0 Å². The molecule has 2 N–H and O–H groups in total. The summed E-state index contributed by atoms with van der Waals surface area (Å²) in [5, 5.41) is 0. The van der Waals surface area contributed by atoms with Crippen LogP contribution in [0, 0.1) is 6.92 Å². The zero-order valence-corrected chi connectivity index (χ0v) is 11.4. The summed E-state index contributed by atoms with van der Waals surface area (Å²) in [6, 6.07) is 8.06. The van der Waals surface area contributed by atoms with E-state index < -0.39 is 0 Å². The Bertz CT molecular complexity index is 571. The smallest absolute Gasteiger partial charge is 0.242 e. The van der Waals surface area contributed by atoms with E-state index in [0.717, 1.165) is 11.3 Å². The highest BCUT2D eigenvalue weighted by Gasteiger charge is 2.15. The molecule has 0 aliphatic rings. The van der Waals surface area contributed by atoms with Crippen LogP contribution in [0.15, 0.2) is 30.6 Å². The Morgan fingerprint density at radius 1 is 1.26 bits per heavy atom. The van der Waals surface area contributed by atoms with Crippen LogP contribution in [0.25, 0.3) is 0 Å². The summed E-state index contributed by atoms with van der Waals surface area (Å²) in [6.07, 6.45) is 1.46. The van der Waals surface area contributed by atoms with Crippen LogP contribution in [-0.2, 0) is 0 Å². The summed E-state index contributed by atoms with van der Waals surface area (Å²) in [4.78, 5) is 10.2. The van der Waals surface area contributed by atoms with Crippen molar-refractivity contribution in [1.29, 1.82) is 0 Å². The Hall–Kier alpha value is -2.30. The Kier molecular flexibility index (Phi) is 3.85. The number of benzene rings is 1. The SMILES string of the molecule is CCOc1ncnc(N(C)c2ccccc2C)c1N. The molecule has 1 aromatic heterocycles. The van der Waals surface area contributed by atoms with Crippen molar-refractivity contribution in [1.82, 2.24) is 9.97 Å². The highest BCUT2D eigenvalue weighted by molar-refractivity contribution is 5.74. The predicted octanol–water partition coefficient (Wildman–Crippen LogP) is 2.53. The van der Waals surface area contributed by atoms with Crippen molar-refractivity contribution in [2.45, 2.75) is 13.8 Å². The number of aromatic nitrogens is 2. The lowest BCUT2D eigenvalue weighted by molar-refractivity contribution is 0.328. The first-order valence-electron chi connectivity index (χ1n) is 6.17. The maximum atomic E-state index is 6.07. The number of aryl methyl sites for hydroxylation is 1. The zero-order valence-electron chi connectivity index (χ0n) is 11.4. The van der Waals surface area contributed by atoms with Crippen LogP contribution in [0.3, 0.4) is 0 Å². The molecule has 5 heteroatoms. The standard InChI is InChI=1S/C14H18N4O/c1-4-19-14-12(15)13(16-9-17-14)18(3)11-8-6-5-7-10(11)2/h5-9H,4,15H2,1-3H3. The Morgan fingerprint density at radius 2 is 2.00 bits per heavy atom. The maximum absolute atomic E-state index is 6.07. The van der Waals surface area contributed by atoms with Crippen molar-refractivity contribution in [3.8, 4) is 5.88 Å². The van der Waals surface area contributed by atoms with E-state index >= 15 is 0 Å². The van der Waals surface area contributed by atoms with Gasteiger partial charge in [0, 0.05) is 12.7 Å². The minimum Gasteiger partial charge on any atom is -0.476 e. The molecule has 1 aromatic carbocycles. The number of hydrogen-bond acceptors (Lipinski definition) is 5. The normalized spacial score (nSPS) is 10.3. The second-order valence-corrected chi connectivity index (χ2v) is 4.19. The average molecular weight is 258 g/mol. The van der Waals surface area contributed by atoms with Crippen molar-refractivity contribution in [2.75, 3.05) is 24.3 Å². The molecule has 0 aliphatic heterocycles. The fraction of sp³-hybridized carbons (Fsp3) is 0.286. The molecule has 5 nitrogen and oxygen atoms in total. The van der Waals surface area contributed by atoms with E-state index in [9.17, 15) is 0 Å². The van der Waals surface area contributed by atoms with Gasteiger partial charge in [0.05, 0.1) is 6.61 Å². The summed E-state index contributed by atoms with van der Waals surface area (Å²) >= 11 is 0. The number of ether oxygens (including phenoxy) is 1. The molecule has 0 bridgehead atoms. The van der Waals surface area contributed by atoms with E-state index in [2.05, 4.69) is 9.97 Å². The lowest BCUT2D eigenvalue weighted by atomic mass is 10.2. The molecule has 0 saturated heterocycles. The Balaban J connectivity index is 2.42. The summed E-state index contributed by atoms with van der Waals surface area (Å²) in [5.74, 6) is 1.07. The van der Waals surface area contributed by atoms with Crippen LogP contribution < -0.4 is 15.4 Å². The number of nitrogens with zero attached hydrogens (tertiary/aromatic N) is 3. The molecule has 0 radical (unpaired) electrons. The van der Waals surface area contributed by atoms with Gasteiger partial charge in [-0.05, 0) is 25.5 Å². The molecular formula is C14H18N4O. The van der Waals surface area contributed by atoms with Gasteiger partial charge in [-0.15, -0.1) is 0 Å². The van der Waals surface area contributed by atoms with Gasteiger partial charge < -0.3 is 15.4 Å². The molecule has 19 heavy (non-hydrogen) atoms. The fourth-order valence-electron chi connectivity index (χ4n) is 1.94. The van der Waals surface area contributed by atoms with Crippen molar-refractivity contribution in [2.24, 2.45) is 0 Å². The van der Waals surface area contributed by atoms with Gasteiger partial charge in [0.15, 0.2) is 5.82 Å². The summed E-state index contributed by atoms with van der Waals surface area (Å²) < 4.78 is 5.39. The van der Waals surface area contributed by atoms with Crippen LogP contribution in [0.1, 0.15) is 12.5 Å². The summed E-state index contributed by atoms with van der Waals surface area (Å²) in [5.41, 5.74) is 8.72. The number of hydrogen-bond donors (Lipinski definition) is 1. The molecule has 0 unspecified atom stereocenters. The number of nitrogen functional groups attached to an aromatic ring is 1. The number of anilines is 3. The largest absolute Gasteiger partial charge is 0.476 e. The van der Waals surface area contributed by atoms with Crippen LogP contribution >= 0.6 is 0 Å². The van der Waals surface area contributed by atoms with Crippen molar-refractivity contribution < 1.29 is 4.74 Å². The first kappa shape index (κ1) is 13.1. The van der Waals surface area contributed by atoms with Gasteiger partial charge in [-0.2, -0.15) is 4.98 Å². The Labute approximate surface area is 113 Å². The zero-order chi connectivity index (χ0) is 13.8. The van der Waals surface area contributed by atoms with Crippen LogP contribution in [-0.4, -0.2) is 23.6 Å². The molecule has 0 saturated carbocycles. The van der Waals surface area contributed by atoms with Crippen LogP contribution in [0.4, 0.5) is 17.2 Å². The van der Waals surface area contributed by atoms with Crippen molar-refractivity contribution in [3.05, 3.63) is 36.2 Å². The van der Waals surface area contributed by atoms with Crippen LogP contribution in [0.5, 0.6) is 5.88 Å². The lowest BCUT2D eigenvalue weighted by Crippen LogP contribution is -2.15. The van der Waals surface area contributed by atoms with Gasteiger partial charge in [-0.25, -0.2) is 4.98 Å². The molecule has 0 atom stereocenters. The van der Waals surface area contributed by atoms with Gasteiger partial charge in [0.2, 0.25) is 5.88 Å². The van der Waals surface area contributed by atoms with E-state index in [1.54, 1.807) is 0 Å². The molecule has 2 aromatic rings. The van der Waals surface area contributed by atoms with Gasteiger partial charge >= 0.3 is 0 Å². The van der Waals surface area contributed by atoms with Gasteiger partial charge in [0.25, 0.3) is 0 Å². The molecule has 2 rings (SSSR count). The number of para-hydroxylation sites is 1. The topological polar surface area (TPSA) is 64.3 Å². The highest BCUT2D eigenvalue weighted by atomic mass is 16.5. The van der Waals surface area contributed by atoms with E-state index in [-0.39, 0.29) is 0 Å². The molecule has 100 valence electrons. The maximum Gasteiger partial charge on any atom is 0.242 e.